The van der Waals surface area contributed by atoms with E-state index in [1.54, 1.807) is 36.4 Å². The van der Waals surface area contributed by atoms with Gasteiger partial charge in [0.1, 0.15) is 0 Å². The molecule has 0 fully saturated rings. The Hall–Kier alpha value is -4.40. The standard InChI is InChI=1S/C35H31F6NO2/c1-32(2,34(36,37)38)27-9-5-7-25(20-27)30(43)19-22-11-13-23(14-12-22)24-15-17-29(18-16-24)42-31(44)26-8-6-10-28(21-26)33(3,4)35(39,40)41/h5-18,20-21H,19H2,1-4H3,(H,42,44). The number of alkyl halides is 6. The summed E-state index contributed by atoms with van der Waals surface area (Å²) in [7, 11) is 0. The smallest absolute Gasteiger partial charge is 0.322 e. The molecule has 9 heteroatoms. The van der Waals surface area contributed by atoms with Gasteiger partial charge in [0.05, 0.1) is 10.8 Å². The minimum absolute atomic E-state index is 0.0164. The Morgan fingerprint density at radius 2 is 1.02 bits per heavy atom. The van der Waals surface area contributed by atoms with Crippen molar-refractivity contribution in [2.45, 2.75) is 57.3 Å². The molecule has 0 heterocycles. The van der Waals surface area contributed by atoms with Crippen LogP contribution in [0.4, 0.5) is 32.0 Å². The van der Waals surface area contributed by atoms with Crippen LogP contribution < -0.4 is 5.32 Å². The van der Waals surface area contributed by atoms with E-state index < -0.39 is 29.1 Å². The van der Waals surface area contributed by atoms with Crippen LogP contribution in [0.25, 0.3) is 11.1 Å². The van der Waals surface area contributed by atoms with E-state index in [9.17, 15) is 35.9 Å². The van der Waals surface area contributed by atoms with E-state index in [1.807, 2.05) is 12.1 Å². The zero-order valence-corrected chi connectivity index (χ0v) is 24.5. The largest absolute Gasteiger partial charge is 0.397 e. The van der Waals surface area contributed by atoms with Gasteiger partial charge in [-0.25, -0.2) is 0 Å². The van der Waals surface area contributed by atoms with Crippen LogP contribution in [0.3, 0.4) is 0 Å². The fourth-order valence-corrected chi connectivity index (χ4v) is 4.51. The van der Waals surface area contributed by atoms with Gasteiger partial charge in [-0.2, -0.15) is 26.3 Å². The average molecular weight is 612 g/mol. The maximum Gasteiger partial charge on any atom is 0.397 e. The highest BCUT2D eigenvalue weighted by atomic mass is 19.4. The first-order valence-corrected chi connectivity index (χ1v) is 13.8. The molecule has 44 heavy (non-hydrogen) atoms. The molecule has 4 aromatic carbocycles. The van der Waals surface area contributed by atoms with Crippen LogP contribution in [0.15, 0.2) is 97.1 Å². The molecule has 0 atom stereocenters. The number of benzene rings is 4. The third kappa shape index (κ3) is 6.87. The molecule has 3 nitrogen and oxygen atoms in total. The van der Waals surface area contributed by atoms with E-state index in [4.69, 9.17) is 0 Å². The molecule has 4 aromatic rings. The predicted octanol–water partition coefficient (Wildman–Crippen LogP) is 9.71. The molecule has 0 radical (unpaired) electrons. The quantitative estimate of drug-likeness (QED) is 0.159. The Morgan fingerprint density at radius 1 is 0.591 bits per heavy atom. The van der Waals surface area contributed by atoms with Gasteiger partial charge < -0.3 is 5.32 Å². The van der Waals surface area contributed by atoms with Gasteiger partial charge in [-0.15, -0.1) is 0 Å². The van der Waals surface area contributed by atoms with Crippen LogP contribution in [0, 0.1) is 0 Å². The fourth-order valence-electron chi connectivity index (χ4n) is 4.51. The Balaban J connectivity index is 1.41. The molecule has 0 saturated heterocycles. The molecular weight excluding hydrogens is 580 g/mol. The zero-order valence-electron chi connectivity index (χ0n) is 24.5. The summed E-state index contributed by atoms with van der Waals surface area (Å²) in [6, 6.07) is 25.1. The summed E-state index contributed by atoms with van der Waals surface area (Å²) in [4.78, 5) is 25.6. The summed E-state index contributed by atoms with van der Waals surface area (Å²) in [5, 5.41) is 2.70. The SMILES string of the molecule is CC(C)(c1cccc(C(=O)Cc2ccc(-c3ccc(NC(=O)c4cccc(C(C)(C)C(F)(F)F)c4)cc3)cc2)c1)C(F)(F)F. The lowest BCUT2D eigenvalue weighted by Crippen LogP contribution is -2.36. The van der Waals surface area contributed by atoms with Crippen molar-refractivity contribution < 1.29 is 35.9 Å². The summed E-state index contributed by atoms with van der Waals surface area (Å²) in [6.45, 7) is 4.29. The molecular formula is C35H31F6NO2. The van der Waals surface area contributed by atoms with Gasteiger partial charge in [0.2, 0.25) is 0 Å². The molecule has 0 aliphatic heterocycles. The van der Waals surface area contributed by atoms with Crippen molar-refractivity contribution in [1.82, 2.24) is 0 Å². The lowest BCUT2D eigenvalue weighted by molar-refractivity contribution is -0.180. The highest BCUT2D eigenvalue weighted by molar-refractivity contribution is 6.04. The molecule has 0 spiro atoms. The molecule has 0 unspecified atom stereocenters. The van der Waals surface area contributed by atoms with Crippen LogP contribution in [0.5, 0.6) is 0 Å². The maximum absolute atomic E-state index is 13.5. The number of rotatable bonds is 8. The minimum Gasteiger partial charge on any atom is -0.322 e. The number of halogens is 6. The third-order valence-corrected chi connectivity index (χ3v) is 7.96. The summed E-state index contributed by atoms with van der Waals surface area (Å²) in [5.41, 5.74) is -1.11. The van der Waals surface area contributed by atoms with E-state index in [1.165, 1.54) is 48.5 Å². The lowest BCUT2D eigenvalue weighted by atomic mass is 9.82. The molecule has 1 N–H and O–H groups in total. The first kappa shape index (κ1) is 32.5. The number of anilines is 1. The molecule has 0 saturated carbocycles. The Bertz CT molecular complexity index is 1530. The van der Waals surface area contributed by atoms with E-state index in [0.29, 0.717) is 11.3 Å². The number of hydrogen-bond donors (Lipinski definition) is 1. The second-order valence-electron chi connectivity index (χ2n) is 11.7. The first-order valence-electron chi connectivity index (χ1n) is 13.8. The normalized spacial score (nSPS) is 12.6. The fraction of sp³-hybridized carbons (Fsp3) is 0.257. The highest BCUT2D eigenvalue weighted by Gasteiger charge is 2.49. The molecule has 4 rings (SSSR count). The summed E-state index contributed by atoms with van der Waals surface area (Å²) in [6.07, 6.45) is -8.92. The summed E-state index contributed by atoms with van der Waals surface area (Å²) < 4.78 is 80.8. The van der Waals surface area contributed by atoms with Crippen molar-refractivity contribution in [1.29, 1.82) is 0 Å². The zero-order chi connectivity index (χ0) is 32.5. The second-order valence-corrected chi connectivity index (χ2v) is 11.7. The molecule has 0 aliphatic rings. The second kappa shape index (κ2) is 11.9. The Labute approximate surface area is 251 Å². The van der Waals surface area contributed by atoms with E-state index in [-0.39, 0.29) is 34.5 Å². The van der Waals surface area contributed by atoms with Crippen molar-refractivity contribution >= 4 is 17.4 Å². The van der Waals surface area contributed by atoms with Gasteiger partial charge in [-0.05, 0) is 85.8 Å². The molecule has 0 aliphatic carbocycles. The molecule has 0 aromatic heterocycles. The number of ketones is 1. The number of hydrogen-bond acceptors (Lipinski definition) is 2. The van der Waals surface area contributed by atoms with Crippen LogP contribution >= 0.6 is 0 Å². The minimum atomic E-state index is -4.48. The van der Waals surface area contributed by atoms with Gasteiger partial charge in [0.25, 0.3) is 5.91 Å². The lowest BCUT2D eigenvalue weighted by Gasteiger charge is -2.28. The van der Waals surface area contributed by atoms with Crippen LogP contribution in [-0.4, -0.2) is 24.0 Å². The van der Waals surface area contributed by atoms with Crippen molar-refractivity contribution in [3.63, 3.8) is 0 Å². The van der Waals surface area contributed by atoms with Crippen molar-refractivity contribution in [3.8, 4) is 11.1 Å². The summed E-state index contributed by atoms with van der Waals surface area (Å²) in [5.74, 6) is -0.843. The van der Waals surface area contributed by atoms with E-state index in [0.717, 1.165) is 38.8 Å². The highest BCUT2D eigenvalue weighted by Crippen LogP contribution is 2.41. The Morgan fingerprint density at radius 3 is 1.50 bits per heavy atom. The van der Waals surface area contributed by atoms with Gasteiger partial charge in [-0.1, -0.05) is 66.7 Å². The third-order valence-electron chi connectivity index (χ3n) is 7.96. The summed E-state index contributed by atoms with van der Waals surface area (Å²) >= 11 is 0. The van der Waals surface area contributed by atoms with Gasteiger partial charge >= 0.3 is 12.4 Å². The van der Waals surface area contributed by atoms with E-state index >= 15 is 0 Å². The molecule has 1 amide bonds. The molecule has 0 bridgehead atoms. The van der Waals surface area contributed by atoms with Gasteiger partial charge in [-0.3, -0.25) is 9.59 Å². The number of nitrogens with one attached hydrogen (secondary N) is 1. The van der Waals surface area contributed by atoms with Crippen molar-refractivity contribution in [2.24, 2.45) is 0 Å². The van der Waals surface area contributed by atoms with Gasteiger partial charge in [0.15, 0.2) is 5.78 Å². The van der Waals surface area contributed by atoms with Crippen molar-refractivity contribution in [2.75, 3.05) is 5.32 Å². The Kier molecular flexibility index (Phi) is 8.82. The molecule has 230 valence electrons. The van der Waals surface area contributed by atoms with Crippen molar-refractivity contribution in [3.05, 3.63) is 125 Å². The monoisotopic (exact) mass is 611 g/mol. The van der Waals surface area contributed by atoms with E-state index in [2.05, 4.69) is 5.32 Å². The van der Waals surface area contributed by atoms with Gasteiger partial charge in [0, 0.05) is 23.2 Å². The number of carbonyl (C=O) groups is 2. The van der Waals surface area contributed by atoms with Crippen LogP contribution in [0.2, 0.25) is 0 Å². The predicted molar refractivity (Wildman–Crippen MR) is 159 cm³/mol. The number of carbonyl (C=O) groups excluding carboxylic acids is 2. The van der Waals surface area contributed by atoms with Crippen LogP contribution in [-0.2, 0) is 17.3 Å². The number of Topliss-reactive ketones (excluding diaryl/α,β-unsaturated/α-hetero) is 1. The average Bonchev–Trinajstić information content (AvgIpc) is 2.97. The van der Waals surface area contributed by atoms with Crippen LogP contribution in [0.1, 0.15) is 65.1 Å². The maximum atomic E-state index is 13.5. The number of amides is 1. The first-order chi connectivity index (χ1) is 20.4. The topological polar surface area (TPSA) is 46.2 Å².